The van der Waals surface area contributed by atoms with Crippen LogP contribution in [0, 0.1) is 0 Å². The van der Waals surface area contributed by atoms with Crippen molar-refractivity contribution < 1.29 is 17.9 Å². The predicted molar refractivity (Wildman–Crippen MR) is 73.7 cm³/mol. The Balaban J connectivity index is 1.98. The molecule has 0 saturated carbocycles. The molecule has 0 unspecified atom stereocenters. The number of halogens is 3. The van der Waals surface area contributed by atoms with E-state index in [0.717, 1.165) is 17.2 Å². The smallest absolute Gasteiger partial charge is 0.380 e. The molecule has 0 fully saturated rings. The quantitative estimate of drug-likeness (QED) is 0.909. The molecule has 0 radical (unpaired) electrons. The molecule has 0 aliphatic heterocycles. The van der Waals surface area contributed by atoms with E-state index in [-0.39, 0.29) is 0 Å². The van der Waals surface area contributed by atoms with Crippen molar-refractivity contribution in [1.29, 1.82) is 0 Å². The minimum absolute atomic E-state index is 0.505. The minimum atomic E-state index is -4.41. The summed E-state index contributed by atoms with van der Waals surface area (Å²) in [4.78, 5) is 3.40. The summed E-state index contributed by atoms with van der Waals surface area (Å²) in [5, 5.41) is 3.04. The second-order valence-electron chi connectivity index (χ2n) is 4.54. The van der Waals surface area contributed by atoms with E-state index >= 15 is 0 Å². The van der Waals surface area contributed by atoms with Gasteiger partial charge in [-0.15, -0.1) is 0 Å². The van der Waals surface area contributed by atoms with Gasteiger partial charge in [0, 0.05) is 13.7 Å². The number of ether oxygens (including phenoxy) is 1. The van der Waals surface area contributed by atoms with E-state index in [0.29, 0.717) is 18.8 Å². The molecular formula is C15H15F3N2O. The van der Waals surface area contributed by atoms with Crippen LogP contribution in [0.4, 0.5) is 18.9 Å². The third-order valence-electron chi connectivity index (χ3n) is 2.85. The predicted octanol–water partition coefficient (Wildman–Crippen LogP) is 3.86. The summed E-state index contributed by atoms with van der Waals surface area (Å²) in [5.74, 6) is 0. The van der Waals surface area contributed by atoms with Crippen molar-refractivity contribution in [2.24, 2.45) is 0 Å². The molecule has 2 aromatic rings. The molecule has 2 rings (SSSR count). The van der Waals surface area contributed by atoms with Gasteiger partial charge in [-0.3, -0.25) is 0 Å². The number of pyridine rings is 1. The number of alkyl halides is 3. The zero-order valence-corrected chi connectivity index (χ0v) is 11.4. The first-order chi connectivity index (χ1) is 9.99. The van der Waals surface area contributed by atoms with Gasteiger partial charge in [0.05, 0.1) is 18.5 Å². The molecule has 0 saturated heterocycles. The number of rotatable bonds is 5. The maximum absolute atomic E-state index is 12.4. The fraction of sp³-hybridized carbons (Fsp3) is 0.267. The Kier molecular flexibility index (Phi) is 4.80. The maximum atomic E-state index is 12.4. The van der Waals surface area contributed by atoms with E-state index in [9.17, 15) is 13.2 Å². The van der Waals surface area contributed by atoms with E-state index in [2.05, 4.69) is 10.3 Å². The number of hydrogen-bond donors (Lipinski definition) is 1. The van der Waals surface area contributed by atoms with Gasteiger partial charge in [0.1, 0.15) is 5.69 Å². The van der Waals surface area contributed by atoms with E-state index in [1.807, 2.05) is 24.3 Å². The number of nitrogens with zero attached hydrogens (tertiary/aromatic N) is 1. The Morgan fingerprint density at radius 1 is 1.14 bits per heavy atom. The van der Waals surface area contributed by atoms with Gasteiger partial charge < -0.3 is 10.1 Å². The first-order valence-electron chi connectivity index (χ1n) is 6.33. The first kappa shape index (κ1) is 15.3. The Hall–Kier alpha value is -2.08. The van der Waals surface area contributed by atoms with Gasteiger partial charge in [-0.2, -0.15) is 13.2 Å². The van der Waals surface area contributed by atoms with E-state index in [1.54, 1.807) is 7.11 Å². The van der Waals surface area contributed by atoms with Gasteiger partial charge in [-0.1, -0.05) is 24.3 Å². The summed E-state index contributed by atoms with van der Waals surface area (Å²) >= 11 is 0. The zero-order chi connectivity index (χ0) is 15.3. The van der Waals surface area contributed by atoms with Gasteiger partial charge in [-0.05, 0) is 23.3 Å². The van der Waals surface area contributed by atoms with Crippen LogP contribution in [0.15, 0.2) is 42.6 Å². The van der Waals surface area contributed by atoms with E-state index in [4.69, 9.17) is 4.74 Å². The molecule has 0 amide bonds. The van der Waals surface area contributed by atoms with Crippen LogP contribution in [-0.4, -0.2) is 12.1 Å². The Bertz CT molecular complexity index is 582. The second kappa shape index (κ2) is 6.58. The Morgan fingerprint density at radius 3 is 2.52 bits per heavy atom. The number of benzene rings is 1. The molecule has 0 atom stereocenters. The number of aromatic nitrogens is 1. The molecule has 1 N–H and O–H groups in total. The number of methoxy groups -OCH3 is 1. The third kappa shape index (κ3) is 4.46. The lowest BCUT2D eigenvalue weighted by atomic mass is 10.1. The summed E-state index contributed by atoms with van der Waals surface area (Å²) in [6.07, 6.45) is -3.23. The molecule has 1 aromatic heterocycles. The maximum Gasteiger partial charge on any atom is 0.433 e. The SMILES string of the molecule is COCc1cccc(CNc2ccc(C(F)(F)F)nc2)c1. The highest BCUT2D eigenvalue weighted by Crippen LogP contribution is 2.27. The lowest BCUT2D eigenvalue weighted by molar-refractivity contribution is -0.141. The lowest BCUT2D eigenvalue weighted by Crippen LogP contribution is -2.08. The summed E-state index contributed by atoms with van der Waals surface area (Å²) in [5.41, 5.74) is 1.71. The van der Waals surface area contributed by atoms with Crippen molar-refractivity contribution in [3.05, 3.63) is 59.4 Å². The average Bonchev–Trinajstić information content (AvgIpc) is 2.45. The lowest BCUT2D eigenvalue weighted by Gasteiger charge is -2.09. The van der Waals surface area contributed by atoms with Crippen LogP contribution < -0.4 is 5.32 Å². The van der Waals surface area contributed by atoms with Gasteiger partial charge >= 0.3 is 6.18 Å². The Labute approximate surface area is 120 Å². The third-order valence-corrected chi connectivity index (χ3v) is 2.85. The molecular weight excluding hydrogens is 281 g/mol. The molecule has 0 spiro atoms. The van der Waals surface area contributed by atoms with Gasteiger partial charge in [0.15, 0.2) is 0 Å². The van der Waals surface area contributed by atoms with Crippen LogP contribution in [0.5, 0.6) is 0 Å². The fourth-order valence-corrected chi connectivity index (χ4v) is 1.87. The monoisotopic (exact) mass is 296 g/mol. The summed E-state index contributed by atoms with van der Waals surface area (Å²) in [7, 11) is 1.62. The number of hydrogen-bond acceptors (Lipinski definition) is 3. The minimum Gasteiger partial charge on any atom is -0.380 e. The number of nitrogens with one attached hydrogen (secondary N) is 1. The summed E-state index contributed by atoms with van der Waals surface area (Å²) in [6.45, 7) is 1.03. The molecule has 0 aliphatic carbocycles. The van der Waals surface area contributed by atoms with Crippen molar-refractivity contribution in [3.63, 3.8) is 0 Å². The van der Waals surface area contributed by atoms with E-state index < -0.39 is 11.9 Å². The fourth-order valence-electron chi connectivity index (χ4n) is 1.87. The summed E-state index contributed by atoms with van der Waals surface area (Å²) in [6, 6.07) is 10.1. The zero-order valence-electron chi connectivity index (χ0n) is 11.4. The van der Waals surface area contributed by atoms with Crippen molar-refractivity contribution >= 4 is 5.69 Å². The van der Waals surface area contributed by atoms with Gasteiger partial charge in [-0.25, -0.2) is 4.98 Å². The highest BCUT2D eigenvalue weighted by molar-refractivity contribution is 5.42. The van der Waals surface area contributed by atoms with Gasteiger partial charge in [0.25, 0.3) is 0 Å². The van der Waals surface area contributed by atoms with Crippen molar-refractivity contribution in [3.8, 4) is 0 Å². The van der Waals surface area contributed by atoms with Crippen LogP contribution >= 0.6 is 0 Å². The molecule has 21 heavy (non-hydrogen) atoms. The van der Waals surface area contributed by atoms with Crippen LogP contribution in [-0.2, 0) is 24.1 Å². The normalized spacial score (nSPS) is 11.4. The van der Waals surface area contributed by atoms with Crippen LogP contribution in [0.25, 0.3) is 0 Å². The summed E-state index contributed by atoms with van der Waals surface area (Å²) < 4.78 is 42.2. The Morgan fingerprint density at radius 2 is 1.90 bits per heavy atom. The highest BCUT2D eigenvalue weighted by Gasteiger charge is 2.31. The number of anilines is 1. The molecule has 6 heteroatoms. The second-order valence-corrected chi connectivity index (χ2v) is 4.54. The van der Waals surface area contributed by atoms with Crippen molar-refractivity contribution in [2.75, 3.05) is 12.4 Å². The molecule has 112 valence electrons. The standard InChI is InChI=1S/C15H15F3N2O/c1-21-10-12-4-2-3-11(7-12)8-19-13-5-6-14(20-9-13)15(16,17)18/h2-7,9,19H,8,10H2,1H3. The molecule has 3 nitrogen and oxygen atoms in total. The molecule has 1 heterocycles. The van der Waals surface area contributed by atoms with Gasteiger partial charge in [0.2, 0.25) is 0 Å². The van der Waals surface area contributed by atoms with Crippen molar-refractivity contribution in [1.82, 2.24) is 4.98 Å². The molecule has 0 bridgehead atoms. The molecule has 1 aromatic carbocycles. The van der Waals surface area contributed by atoms with Crippen LogP contribution in [0.1, 0.15) is 16.8 Å². The largest absolute Gasteiger partial charge is 0.433 e. The first-order valence-corrected chi connectivity index (χ1v) is 6.33. The average molecular weight is 296 g/mol. The van der Waals surface area contributed by atoms with Crippen LogP contribution in [0.3, 0.4) is 0 Å². The topological polar surface area (TPSA) is 34.1 Å². The van der Waals surface area contributed by atoms with E-state index in [1.165, 1.54) is 12.3 Å². The van der Waals surface area contributed by atoms with Crippen LogP contribution in [0.2, 0.25) is 0 Å². The highest BCUT2D eigenvalue weighted by atomic mass is 19.4. The molecule has 0 aliphatic rings. The van der Waals surface area contributed by atoms with Crippen molar-refractivity contribution in [2.45, 2.75) is 19.3 Å².